The van der Waals surface area contributed by atoms with Gasteiger partial charge in [0.05, 0.1) is 6.10 Å². The van der Waals surface area contributed by atoms with Gasteiger partial charge in [-0.1, -0.05) is 31.2 Å². The van der Waals surface area contributed by atoms with E-state index < -0.39 is 6.10 Å². The van der Waals surface area contributed by atoms with Crippen LogP contribution < -0.4 is 0 Å². The first-order valence-electron chi connectivity index (χ1n) is 5.69. The first kappa shape index (κ1) is 12.8. The molecule has 0 saturated carbocycles. The molecule has 17 heavy (non-hydrogen) atoms. The SMILES string of the molecule is CCc1ccc(CC(O)c2cc(Br)cs2)cc1. The fraction of sp³-hybridized carbons (Fsp3) is 0.286. The Morgan fingerprint density at radius 1 is 1.24 bits per heavy atom. The fourth-order valence-electron chi connectivity index (χ4n) is 1.74. The Morgan fingerprint density at radius 2 is 1.88 bits per heavy atom. The van der Waals surface area contributed by atoms with E-state index in [9.17, 15) is 5.11 Å². The van der Waals surface area contributed by atoms with Gasteiger partial charge in [0.2, 0.25) is 0 Å². The first-order valence-corrected chi connectivity index (χ1v) is 7.36. The molecule has 2 rings (SSSR count). The lowest BCUT2D eigenvalue weighted by atomic mass is 10.0. The minimum atomic E-state index is -0.404. The second kappa shape index (κ2) is 5.80. The van der Waals surface area contributed by atoms with Gasteiger partial charge in [-0.15, -0.1) is 11.3 Å². The van der Waals surface area contributed by atoms with Crippen molar-refractivity contribution in [2.45, 2.75) is 25.9 Å². The molecule has 0 radical (unpaired) electrons. The molecule has 3 heteroatoms. The summed E-state index contributed by atoms with van der Waals surface area (Å²) in [5.74, 6) is 0. The lowest BCUT2D eigenvalue weighted by Gasteiger charge is -2.08. The van der Waals surface area contributed by atoms with E-state index in [4.69, 9.17) is 0 Å². The van der Waals surface area contributed by atoms with Gasteiger partial charge in [0.15, 0.2) is 0 Å². The highest BCUT2D eigenvalue weighted by Gasteiger charge is 2.10. The maximum absolute atomic E-state index is 10.1. The molecular formula is C14H15BrOS. The summed E-state index contributed by atoms with van der Waals surface area (Å²) in [6.07, 6.45) is 1.33. The smallest absolute Gasteiger partial charge is 0.0922 e. The molecule has 0 bridgehead atoms. The highest BCUT2D eigenvalue weighted by atomic mass is 79.9. The van der Waals surface area contributed by atoms with E-state index in [1.807, 2.05) is 11.4 Å². The predicted molar refractivity (Wildman–Crippen MR) is 76.5 cm³/mol. The van der Waals surface area contributed by atoms with Gasteiger partial charge in [0.1, 0.15) is 0 Å². The van der Waals surface area contributed by atoms with Crippen LogP contribution in [0.25, 0.3) is 0 Å². The number of benzene rings is 1. The average molecular weight is 311 g/mol. The first-order chi connectivity index (χ1) is 8.19. The number of hydrogen-bond acceptors (Lipinski definition) is 2. The summed E-state index contributed by atoms with van der Waals surface area (Å²) >= 11 is 4.99. The molecule has 0 saturated heterocycles. The van der Waals surface area contributed by atoms with Gasteiger partial charge in [-0.2, -0.15) is 0 Å². The maximum atomic E-state index is 10.1. The molecule has 0 aliphatic carbocycles. The molecule has 1 nitrogen and oxygen atoms in total. The summed E-state index contributed by atoms with van der Waals surface area (Å²) in [5, 5.41) is 12.1. The van der Waals surface area contributed by atoms with E-state index >= 15 is 0 Å². The molecule has 1 atom stereocenters. The number of aliphatic hydroxyl groups is 1. The van der Waals surface area contributed by atoms with E-state index in [0.717, 1.165) is 15.8 Å². The summed E-state index contributed by atoms with van der Waals surface area (Å²) in [6, 6.07) is 10.4. The van der Waals surface area contributed by atoms with Crippen molar-refractivity contribution in [3.63, 3.8) is 0 Å². The van der Waals surface area contributed by atoms with Gasteiger partial charge in [0.25, 0.3) is 0 Å². The van der Waals surface area contributed by atoms with Crippen molar-refractivity contribution in [1.82, 2.24) is 0 Å². The van der Waals surface area contributed by atoms with Crippen LogP contribution in [0.15, 0.2) is 40.2 Å². The largest absolute Gasteiger partial charge is 0.387 e. The van der Waals surface area contributed by atoms with E-state index in [-0.39, 0.29) is 0 Å². The number of hydrogen-bond donors (Lipinski definition) is 1. The summed E-state index contributed by atoms with van der Waals surface area (Å²) in [6.45, 7) is 2.15. The van der Waals surface area contributed by atoms with Crippen LogP contribution in [0.3, 0.4) is 0 Å². The van der Waals surface area contributed by atoms with Crippen molar-refractivity contribution >= 4 is 27.3 Å². The third kappa shape index (κ3) is 3.41. The van der Waals surface area contributed by atoms with Crippen LogP contribution in [-0.2, 0) is 12.8 Å². The van der Waals surface area contributed by atoms with Crippen molar-refractivity contribution in [3.8, 4) is 0 Å². The molecule has 0 amide bonds. The van der Waals surface area contributed by atoms with Crippen molar-refractivity contribution in [1.29, 1.82) is 0 Å². The number of halogens is 1. The van der Waals surface area contributed by atoms with Gasteiger partial charge < -0.3 is 5.11 Å². The third-order valence-electron chi connectivity index (χ3n) is 2.78. The zero-order valence-corrected chi connectivity index (χ0v) is 12.1. The minimum absolute atomic E-state index is 0.404. The molecule has 90 valence electrons. The van der Waals surface area contributed by atoms with Crippen LogP contribution in [-0.4, -0.2) is 5.11 Å². The number of aryl methyl sites for hydroxylation is 1. The fourth-order valence-corrected chi connectivity index (χ4v) is 3.17. The lowest BCUT2D eigenvalue weighted by molar-refractivity contribution is 0.182. The van der Waals surface area contributed by atoms with Gasteiger partial charge in [-0.05, 0) is 39.5 Å². The van der Waals surface area contributed by atoms with Gasteiger partial charge in [-0.3, -0.25) is 0 Å². The van der Waals surface area contributed by atoms with Crippen molar-refractivity contribution in [2.24, 2.45) is 0 Å². The zero-order chi connectivity index (χ0) is 12.3. The monoisotopic (exact) mass is 310 g/mol. The van der Waals surface area contributed by atoms with E-state index in [1.54, 1.807) is 11.3 Å². The summed E-state index contributed by atoms with van der Waals surface area (Å²) in [5.41, 5.74) is 2.52. The minimum Gasteiger partial charge on any atom is -0.387 e. The highest BCUT2D eigenvalue weighted by Crippen LogP contribution is 2.27. The molecule has 2 aromatic rings. The van der Waals surface area contributed by atoms with Crippen LogP contribution in [0, 0.1) is 0 Å². The van der Waals surface area contributed by atoms with E-state index in [2.05, 4.69) is 47.1 Å². The maximum Gasteiger partial charge on any atom is 0.0922 e. The molecule has 1 aromatic heterocycles. The Labute approximate surface area is 114 Å². The van der Waals surface area contributed by atoms with Crippen molar-refractivity contribution in [3.05, 3.63) is 56.2 Å². The van der Waals surface area contributed by atoms with E-state index in [1.165, 1.54) is 11.1 Å². The second-order valence-corrected chi connectivity index (χ2v) is 5.92. The molecule has 1 N–H and O–H groups in total. The second-order valence-electron chi connectivity index (χ2n) is 4.06. The Morgan fingerprint density at radius 3 is 2.41 bits per heavy atom. The van der Waals surface area contributed by atoms with Gasteiger partial charge in [0, 0.05) is 21.2 Å². The Bertz CT molecular complexity index is 475. The molecule has 1 heterocycles. The van der Waals surface area contributed by atoms with Gasteiger partial charge >= 0.3 is 0 Å². The molecule has 0 fully saturated rings. The van der Waals surface area contributed by atoms with Crippen molar-refractivity contribution in [2.75, 3.05) is 0 Å². The molecular weight excluding hydrogens is 296 g/mol. The Hall–Kier alpha value is -0.640. The third-order valence-corrected chi connectivity index (χ3v) is 4.57. The summed E-state index contributed by atoms with van der Waals surface area (Å²) in [4.78, 5) is 1.01. The average Bonchev–Trinajstić information content (AvgIpc) is 2.77. The topological polar surface area (TPSA) is 20.2 Å². The zero-order valence-electron chi connectivity index (χ0n) is 9.69. The molecule has 0 aliphatic heterocycles. The Balaban J connectivity index is 2.04. The highest BCUT2D eigenvalue weighted by molar-refractivity contribution is 9.10. The van der Waals surface area contributed by atoms with Crippen LogP contribution in [0.2, 0.25) is 0 Å². The number of aliphatic hydroxyl groups excluding tert-OH is 1. The summed E-state index contributed by atoms with van der Waals surface area (Å²) in [7, 11) is 0. The van der Waals surface area contributed by atoms with Crippen LogP contribution in [0.4, 0.5) is 0 Å². The Kier molecular flexibility index (Phi) is 4.37. The quantitative estimate of drug-likeness (QED) is 0.890. The number of rotatable bonds is 4. The van der Waals surface area contributed by atoms with Crippen LogP contribution in [0.1, 0.15) is 29.0 Å². The summed E-state index contributed by atoms with van der Waals surface area (Å²) < 4.78 is 1.04. The van der Waals surface area contributed by atoms with Crippen molar-refractivity contribution < 1.29 is 5.11 Å². The molecule has 1 unspecified atom stereocenters. The normalized spacial score (nSPS) is 12.6. The molecule has 0 spiro atoms. The lowest BCUT2D eigenvalue weighted by Crippen LogP contribution is -1.99. The van der Waals surface area contributed by atoms with E-state index in [0.29, 0.717) is 6.42 Å². The molecule has 0 aliphatic rings. The van der Waals surface area contributed by atoms with Crippen LogP contribution in [0.5, 0.6) is 0 Å². The van der Waals surface area contributed by atoms with Gasteiger partial charge in [-0.25, -0.2) is 0 Å². The predicted octanol–water partition coefficient (Wildman–Crippen LogP) is 4.35. The van der Waals surface area contributed by atoms with Crippen LogP contribution >= 0.6 is 27.3 Å². The molecule has 1 aromatic carbocycles. The standard InChI is InChI=1S/C14H15BrOS/c1-2-10-3-5-11(6-4-10)7-13(16)14-8-12(15)9-17-14/h3-6,8-9,13,16H,2,7H2,1H3. The number of thiophene rings is 1.